The molecular formula is C14H11BrN4O. The molecule has 6 heteroatoms. The summed E-state index contributed by atoms with van der Waals surface area (Å²) in [5, 5.41) is 17.5. The molecular weight excluding hydrogens is 320 g/mol. The molecule has 0 saturated heterocycles. The van der Waals surface area contributed by atoms with E-state index in [1.54, 1.807) is 10.9 Å². The van der Waals surface area contributed by atoms with E-state index in [2.05, 4.69) is 26.2 Å². The van der Waals surface area contributed by atoms with Crippen LogP contribution in [0.15, 0.2) is 58.3 Å². The molecule has 1 aromatic heterocycles. The predicted molar refractivity (Wildman–Crippen MR) is 81.3 cm³/mol. The maximum atomic E-state index is 8.96. The van der Waals surface area contributed by atoms with E-state index in [1.807, 2.05) is 42.5 Å². The van der Waals surface area contributed by atoms with Crippen LogP contribution in [0, 0.1) is 0 Å². The molecule has 5 nitrogen and oxygen atoms in total. The van der Waals surface area contributed by atoms with Crippen molar-refractivity contribution < 1.29 is 5.21 Å². The number of halogens is 1. The summed E-state index contributed by atoms with van der Waals surface area (Å²) in [4.78, 5) is 0. The Bertz CT molecular complexity index is 810. The molecule has 2 aromatic carbocycles. The summed E-state index contributed by atoms with van der Waals surface area (Å²) in [5.41, 5.74) is 8.08. The summed E-state index contributed by atoms with van der Waals surface area (Å²) < 4.78 is 2.51. The zero-order valence-corrected chi connectivity index (χ0v) is 11.9. The van der Waals surface area contributed by atoms with Crippen molar-refractivity contribution in [3.63, 3.8) is 0 Å². The molecule has 0 aliphatic heterocycles. The average Bonchev–Trinajstić information content (AvgIpc) is 2.90. The first-order valence-electron chi connectivity index (χ1n) is 5.92. The fraction of sp³-hybridized carbons (Fsp3) is 0. The van der Waals surface area contributed by atoms with Crippen molar-refractivity contribution in [3.05, 3.63) is 58.7 Å². The van der Waals surface area contributed by atoms with Crippen molar-refractivity contribution in [2.45, 2.75) is 0 Å². The van der Waals surface area contributed by atoms with Crippen molar-refractivity contribution in [3.8, 4) is 5.69 Å². The lowest BCUT2D eigenvalue weighted by Gasteiger charge is -2.11. The summed E-state index contributed by atoms with van der Waals surface area (Å²) in [6.45, 7) is 0. The third-order valence-electron chi connectivity index (χ3n) is 3.06. The number of amidine groups is 1. The van der Waals surface area contributed by atoms with Crippen molar-refractivity contribution in [2.75, 3.05) is 0 Å². The first-order chi connectivity index (χ1) is 9.72. The number of oxime groups is 1. The molecule has 0 amide bonds. The Morgan fingerprint density at radius 3 is 2.80 bits per heavy atom. The second kappa shape index (κ2) is 4.97. The van der Waals surface area contributed by atoms with Crippen molar-refractivity contribution >= 4 is 32.7 Å². The number of hydrogen-bond acceptors (Lipinski definition) is 3. The number of rotatable bonds is 2. The smallest absolute Gasteiger partial charge is 0.173 e. The van der Waals surface area contributed by atoms with Crippen LogP contribution in [0.4, 0.5) is 0 Å². The van der Waals surface area contributed by atoms with Crippen LogP contribution < -0.4 is 5.73 Å². The maximum absolute atomic E-state index is 8.96. The Labute approximate surface area is 123 Å². The molecule has 0 aliphatic rings. The summed E-state index contributed by atoms with van der Waals surface area (Å²) in [7, 11) is 0. The SMILES string of the molecule is N/C(=N/O)c1c(Br)cccc1-n1ncc2ccccc21. The molecule has 0 saturated carbocycles. The topological polar surface area (TPSA) is 76.4 Å². The van der Waals surface area contributed by atoms with Crippen molar-refractivity contribution in [2.24, 2.45) is 10.9 Å². The van der Waals surface area contributed by atoms with Crippen LogP contribution in [-0.4, -0.2) is 20.8 Å². The third kappa shape index (κ3) is 1.94. The van der Waals surface area contributed by atoms with Crippen LogP contribution >= 0.6 is 15.9 Å². The van der Waals surface area contributed by atoms with Gasteiger partial charge in [-0.05, 0) is 34.1 Å². The molecule has 0 radical (unpaired) electrons. The lowest BCUT2D eigenvalue weighted by molar-refractivity contribution is 0.318. The number of benzene rings is 2. The molecule has 0 atom stereocenters. The van der Waals surface area contributed by atoms with E-state index in [9.17, 15) is 0 Å². The molecule has 20 heavy (non-hydrogen) atoms. The van der Waals surface area contributed by atoms with E-state index >= 15 is 0 Å². The molecule has 3 aromatic rings. The molecule has 0 aliphatic carbocycles. The van der Waals surface area contributed by atoms with Crippen LogP contribution in [0.25, 0.3) is 16.6 Å². The summed E-state index contributed by atoms with van der Waals surface area (Å²) in [6, 6.07) is 13.4. The maximum Gasteiger partial charge on any atom is 0.173 e. The fourth-order valence-electron chi connectivity index (χ4n) is 2.16. The highest BCUT2D eigenvalue weighted by atomic mass is 79.9. The Kier molecular flexibility index (Phi) is 3.15. The number of fused-ring (bicyclic) bond motifs is 1. The molecule has 100 valence electrons. The molecule has 0 bridgehead atoms. The van der Waals surface area contributed by atoms with Gasteiger partial charge in [-0.25, -0.2) is 4.68 Å². The van der Waals surface area contributed by atoms with Crippen LogP contribution in [0.5, 0.6) is 0 Å². The minimum Gasteiger partial charge on any atom is -0.409 e. The number of aromatic nitrogens is 2. The van der Waals surface area contributed by atoms with Gasteiger partial charge in [0.15, 0.2) is 5.84 Å². The van der Waals surface area contributed by atoms with Gasteiger partial charge in [0.25, 0.3) is 0 Å². The van der Waals surface area contributed by atoms with Gasteiger partial charge in [-0.3, -0.25) is 0 Å². The quantitative estimate of drug-likeness (QED) is 0.328. The van der Waals surface area contributed by atoms with Gasteiger partial charge in [0.05, 0.1) is 23.0 Å². The monoisotopic (exact) mass is 330 g/mol. The first kappa shape index (κ1) is 12.7. The zero-order valence-electron chi connectivity index (χ0n) is 10.4. The lowest BCUT2D eigenvalue weighted by atomic mass is 10.1. The Morgan fingerprint density at radius 2 is 2.00 bits per heavy atom. The van der Waals surface area contributed by atoms with Gasteiger partial charge in [-0.2, -0.15) is 5.10 Å². The molecule has 3 N–H and O–H groups in total. The van der Waals surface area contributed by atoms with Crippen LogP contribution in [0.3, 0.4) is 0 Å². The molecule has 0 fully saturated rings. The van der Waals surface area contributed by atoms with Gasteiger partial charge in [-0.1, -0.05) is 29.4 Å². The van der Waals surface area contributed by atoms with Crippen molar-refractivity contribution in [1.82, 2.24) is 9.78 Å². The Balaban J connectivity index is 2.33. The fourth-order valence-corrected chi connectivity index (χ4v) is 2.72. The van der Waals surface area contributed by atoms with Crippen LogP contribution in [0.1, 0.15) is 5.56 Å². The van der Waals surface area contributed by atoms with Gasteiger partial charge in [0, 0.05) is 9.86 Å². The first-order valence-corrected chi connectivity index (χ1v) is 6.71. The van der Waals surface area contributed by atoms with E-state index in [1.165, 1.54) is 0 Å². The molecule has 1 heterocycles. The van der Waals surface area contributed by atoms with Gasteiger partial charge in [-0.15, -0.1) is 0 Å². The van der Waals surface area contributed by atoms with Crippen LogP contribution in [-0.2, 0) is 0 Å². The van der Waals surface area contributed by atoms with Gasteiger partial charge >= 0.3 is 0 Å². The van der Waals surface area contributed by atoms with Crippen LogP contribution in [0.2, 0.25) is 0 Å². The van der Waals surface area contributed by atoms with Gasteiger partial charge in [0.1, 0.15) is 0 Å². The third-order valence-corrected chi connectivity index (χ3v) is 3.72. The standard InChI is InChI=1S/C14H11BrN4O/c15-10-5-3-7-12(13(10)14(16)18-20)19-11-6-2-1-4-9(11)8-17-19/h1-8,20H,(H2,16,18). The molecule has 0 unspecified atom stereocenters. The van der Waals surface area contributed by atoms with E-state index in [0.717, 1.165) is 21.1 Å². The average molecular weight is 331 g/mol. The lowest BCUT2D eigenvalue weighted by Crippen LogP contribution is -2.17. The predicted octanol–water partition coefficient (Wildman–Crippen LogP) is 2.88. The minimum absolute atomic E-state index is 0.0343. The normalized spacial score (nSPS) is 11.9. The minimum atomic E-state index is 0.0343. The molecule has 3 rings (SSSR count). The Hall–Kier alpha value is -2.34. The Morgan fingerprint density at radius 1 is 1.20 bits per heavy atom. The van der Waals surface area contributed by atoms with Crippen molar-refractivity contribution in [1.29, 1.82) is 0 Å². The summed E-state index contributed by atoms with van der Waals surface area (Å²) in [6.07, 6.45) is 1.78. The number of hydrogen-bond donors (Lipinski definition) is 2. The largest absolute Gasteiger partial charge is 0.409 e. The highest BCUT2D eigenvalue weighted by Crippen LogP contribution is 2.26. The summed E-state index contributed by atoms with van der Waals surface area (Å²) in [5.74, 6) is 0.0343. The number of nitrogens with two attached hydrogens (primary N) is 1. The van der Waals surface area contributed by atoms with Gasteiger partial charge in [0.2, 0.25) is 0 Å². The van der Waals surface area contributed by atoms with E-state index in [0.29, 0.717) is 5.56 Å². The highest BCUT2D eigenvalue weighted by Gasteiger charge is 2.15. The van der Waals surface area contributed by atoms with E-state index in [-0.39, 0.29) is 5.84 Å². The van der Waals surface area contributed by atoms with Gasteiger partial charge < -0.3 is 10.9 Å². The second-order valence-electron chi connectivity index (χ2n) is 4.23. The number of nitrogens with zero attached hydrogens (tertiary/aromatic N) is 3. The highest BCUT2D eigenvalue weighted by molar-refractivity contribution is 9.10. The second-order valence-corrected chi connectivity index (χ2v) is 5.09. The molecule has 0 spiro atoms. The summed E-state index contributed by atoms with van der Waals surface area (Å²) >= 11 is 3.43. The zero-order chi connectivity index (χ0) is 14.1. The number of para-hydroxylation sites is 1. The van der Waals surface area contributed by atoms with E-state index in [4.69, 9.17) is 10.9 Å². The van der Waals surface area contributed by atoms with E-state index < -0.39 is 0 Å².